The Hall–Kier alpha value is -1.32. The highest BCUT2D eigenvalue weighted by molar-refractivity contribution is 5.77. The van der Waals surface area contributed by atoms with Crippen molar-refractivity contribution in [3.05, 3.63) is 18.2 Å². The fourth-order valence-electron chi connectivity index (χ4n) is 3.68. The molecule has 0 bridgehead atoms. The summed E-state index contributed by atoms with van der Waals surface area (Å²) < 4.78 is 2.26. The van der Waals surface area contributed by atoms with Crippen molar-refractivity contribution < 1.29 is 4.79 Å². The minimum atomic E-state index is 0.365. The van der Waals surface area contributed by atoms with Gasteiger partial charge in [-0.2, -0.15) is 0 Å². The minimum Gasteiger partial charge on any atom is -0.338 e. The first-order chi connectivity index (χ1) is 10.1. The molecule has 3 rings (SSSR count). The summed E-state index contributed by atoms with van der Waals surface area (Å²) in [6.45, 7) is 6.07. The molecule has 1 aromatic rings. The molecule has 1 aliphatic heterocycles. The summed E-state index contributed by atoms with van der Waals surface area (Å²) in [6, 6.07) is 0.431. The molecule has 1 saturated carbocycles. The van der Waals surface area contributed by atoms with Crippen LogP contribution in [0.15, 0.2) is 12.4 Å². The highest BCUT2D eigenvalue weighted by Gasteiger charge is 2.33. The second kappa shape index (κ2) is 6.20. The molecule has 0 unspecified atom stereocenters. The van der Waals surface area contributed by atoms with Crippen molar-refractivity contribution in [3.63, 3.8) is 0 Å². The molecule has 0 spiro atoms. The van der Waals surface area contributed by atoms with Crippen molar-refractivity contribution >= 4 is 5.91 Å². The summed E-state index contributed by atoms with van der Waals surface area (Å²) in [5.74, 6) is 2.58. The number of likely N-dealkylation sites (tertiary alicyclic amines) is 1. The Labute approximate surface area is 127 Å². The molecule has 2 fully saturated rings. The van der Waals surface area contributed by atoms with E-state index in [1.165, 1.54) is 32.1 Å². The molecule has 1 aliphatic carbocycles. The van der Waals surface area contributed by atoms with Gasteiger partial charge in [0.05, 0.1) is 6.04 Å². The number of hydrogen-bond acceptors (Lipinski definition) is 2. The number of rotatable bonds is 4. The van der Waals surface area contributed by atoms with Gasteiger partial charge >= 0.3 is 0 Å². The van der Waals surface area contributed by atoms with Gasteiger partial charge < -0.3 is 9.47 Å². The maximum Gasteiger partial charge on any atom is 0.222 e. The number of nitrogens with zero attached hydrogens (tertiary/aromatic N) is 3. The molecule has 116 valence electrons. The van der Waals surface area contributed by atoms with Gasteiger partial charge in [-0.1, -0.05) is 33.1 Å². The maximum atomic E-state index is 12.3. The highest BCUT2D eigenvalue weighted by atomic mass is 16.2. The average molecular weight is 289 g/mol. The Morgan fingerprint density at radius 1 is 1.29 bits per heavy atom. The van der Waals surface area contributed by atoms with Crippen LogP contribution >= 0.6 is 0 Å². The van der Waals surface area contributed by atoms with Crippen LogP contribution in [0.3, 0.4) is 0 Å². The maximum absolute atomic E-state index is 12.3. The first kappa shape index (κ1) is 14.6. The van der Waals surface area contributed by atoms with Crippen LogP contribution in [-0.4, -0.2) is 33.4 Å². The highest BCUT2D eigenvalue weighted by Crippen LogP contribution is 2.30. The van der Waals surface area contributed by atoms with E-state index in [0.717, 1.165) is 25.3 Å². The normalized spacial score (nSPS) is 20.8. The third kappa shape index (κ3) is 3.14. The molecule has 1 aromatic heterocycles. The molecule has 1 saturated heterocycles. The Morgan fingerprint density at radius 3 is 2.67 bits per heavy atom. The van der Waals surface area contributed by atoms with Gasteiger partial charge in [0.1, 0.15) is 5.82 Å². The number of amides is 1. The molecule has 1 amide bonds. The third-order valence-electron chi connectivity index (χ3n) is 5.01. The van der Waals surface area contributed by atoms with Gasteiger partial charge in [-0.3, -0.25) is 4.79 Å². The van der Waals surface area contributed by atoms with Gasteiger partial charge in [-0.05, 0) is 18.8 Å². The zero-order valence-electron chi connectivity index (χ0n) is 13.3. The van der Waals surface area contributed by atoms with Crippen molar-refractivity contribution in [1.82, 2.24) is 14.5 Å². The molecule has 2 heterocycles. The average Bonchev–Trinajstić information content (AvgIpc) is 2.87. The molecule has 2 aliphatic rings. The molecule has 4 heteroatoms. The predicted octanol–water partition coefficient (Wildman–Crippen LogP) is 3.36. The smallest absolute Gasteiger partial charge is 0.222 e. The lowest BCUT2D eigenvalue weighted by Crippen LogP contribution is -2.51. The molecule has 21 heavy (non-hydrogen) atoms. The van der Waals surface area contributed by atoms with E-state index in [0.29, 0.717) is 23.8 Å². The number of aromatic nitrogens is 2. The Bertz CT molecular complexity index is 482. The summed E-state index contributed by atoms with van der Waals surface area (Å²) >= 11 is 0. The second-order valence-electron chi connectivity index (χ2n) is 7.01. The molecule has 0 aromatic carbocycles. The topological polar surface area (TPSA) is 38.1 Å². The van der Waals surface area contributed by atoms with Crippen LogP contribution in [0.5, 0.6) is 0 Å². The van der Waals surface area contributed by atoms with Gasteiger partial charge in [0.15, 0.2) is 0 Å². The van der Waals surface area contributed by atoms with E-state index in [9.17, 15) is 4.79 Å². The van der Waals surface area contributed by atoms with Crippen molar-refractivity contribution in [1.29, 1.82) is 0 Å². The number of carbonyl (C=O) groups excluding carboxylic acids is 1. The number of hydrogen-bond donors (Lipinski definition) is 0. The Balaban J connectivity index is 1.50. The van der Waals surface area contributed by atoms with E-state index in [1.807, 2.05) is 11.1 Å². The van der Waals surface area contributed by atoms with Gasteiger partial charge in [-0.25, -0.2) is 4.98 Å². The summed E-state index contributed by atoms with van der Waals surface area (Å²) in [6.07, 6.45) is 11.2. The van der Waals surface area contributed by atoms with Crippen LogP contribution in [0.4, 0.5) is 0 Å². The van der Waals surface area contributed by atoms with Crippen LogP contribution in [-0.2, 0) is 4.79 Å². The van der Waals surface area contributed by atoms with Crippen LogP contribution in [0.2, 0.25) is 0 Å². The lowest BCUT2D eigenvalue weighted by atomic mass is 9.86. The zero-order chi connectivity index (χ0) is 14.8. The fraction of sp³-hybridized carbons (Fsp3) is 0.765. The molecule has 0 atom stereocenters. The Kier molecular flexibility index (Phi) is 4.32. The van der Waals surface area contributed by atoms with E-state index in [-0.39, 0.29) is 0 Å². The van der Waals surface area contributed by atoms with Crippen LogP contribution in [0.1, 0.15) is 70.2 Å². The second-order valence-corrected chi connectivity index (χ2v) is 7.01. The number of imidazole rings is 1. The van der Waals surface area contributed by atoms with Gasteiger partial charge in [-0.15, -0.1) is 0 Å². The first-order valence-corrected chi connectivity index (χ1v) is 8.45. The monoisotopic (exact) mass is 289 g/mol. The van der Waals surface area contributed by atoms with E-state index in [2.05, 4.69) is 29.6 Å². The third-order valence-corrected chi connectivity index (χ3v) is 5.01. The van der Waals surface area contributed by atoms with E-state index in [4.69, 9.17) is 0 Å². The fourth-order valence-corrected chi connectivity index (χ4v) is 3.68. The van der Waals surface area contributed by atoms with Crippen molar-refractivity contribution in [2.75, 3.05) is 13.1 Å². The van der Waals surface area contributed by atoms with Crippen LogP contribution in [0.25, 0.3) is 0 Å². The van der Waals surface area contributed by atoms with Crippen molar-refractivity contribution in [3.8, 4) is 0 Å². The predicted molar refractivity (Wildman–Crippen MR) is 83.1 cm³/mol. The molecular weight excluding hydrogens is 262 g/mol. The SMILES string of the molecule is CC(C)c1nccn1C1CN(C(=O)CC2CCCCC2)C1. The van der Waals surface area contributed by atoms with Crippen molar-refractivity contribution in [2.45, 2.75) is 64.3 Å². The molecular formula is C17H27N3O. The summed E-state index contributed by atoms with van der Waals surface area (Å²) in [4.78, 5) is 18.8. The molecule has 4 nitrogen and oxygen atoms in total. The lowest BCUT2D eigenvalue weighted by molar-refractivity contribution is -0.138. The van der Waals surface area contributed by atoms with Gasteiger partial charge in [0, 0.05) is 37.8 Å². The Morgan fingerprint density at radius 2 is 2.00 bits per heavy atom. The number of carbonyl (C=O) groups is 1. The van der Waals surface area contributed by atoms with Crippen molar-refractivity contribution in [2.24, 2.45) is 5.92 Å². The quantitative estimate of drug-likeness (QED) is 0.852. The molecule has 0 radical (unpaired) electrons. The van der Waals surface area contributed by atoms with Gasteiger partial charge in [0.25, 0.3) is 0 Å². The first-order valence-electron chi connectivity index (χ1n) is 8.45. The standard InChI is InChI=1S/C17H27N3O/c1-13(2)17-18-8-9-20(17)15-11-19(12-15)16(21)10-14-6-4-3-5-7-14/h8-9,13-15H,3-7,10-12H2,1-2H3. The molecule has 0 N–H and O–H groups in total. The summed E-state index contributed by atoms with van der Waals surface area (Å²) in [5, 5.41) is 0. The van der Waals surface area contributed by atoms with E-state index in [1.54, 1.807) is 0 Å². The minimum absolute atomic E-state index is 0.365. The summed E-state index contributed by atoms with van der Waals surface area (Å²) in [5.41, 5.74) is 0. The van der Waals surface area contributed by atoms with Gasteiger partial charge in [0.2, 0.25) is 5.91 Å². The van der Waals surface area contributed by atoms with Crippen LogP contribution in [0, 0.1) is 5.92 Å². The zero-order valence-corrected chi connectivity index (χ0v) is 13.3. The van der Waals surface area contributed by atoms with Crippen LogP contribution < -0.4 is 0 Å². The largest absolute Gasteiger partial charge is 0.338 e. The van der Waals surface area contributed by atoms with E-state index >= 15 is 0 Å². The van der Waals surface area contributed by atoms with E-state index < -0.39 is 0 Å². The summed E-state index contributed by atoms with van der Waals surface area (Å²) in [7, 11) is 0. The lowest BCUT2D eigenvalue weighted by Gasteiger charge is -2.41.